The lowest BCUT2D eigenvalue weighted by atomic mass is 9.77. The van der Waals surface area contributed by atoms with E-state index in [4.69, 9.17) is 0 Å². The predicted octanol–water partition coefficient (Wildman–Crippen LogP) is 7.17. The molecular formula is C33H41N3O3. The first-order chi connectivity index (χ1) is 18.5. The Morgan fingerprint density at radius 1 is 0.641 bits per heavy atom. The summed E-state index contributed by atoms with van der Waals surface area (Å²) in [5, 5.41) is 8.72. The second kappa shape index (κ2) is 12.7. The van der Waals surface area contributed by atoms with Crippen LogP contribution in [0.5, 0.6) is 0 Å². The van der Waals surface area contributed by atoms with Gasteiger partial charge in [0.05, 0.1) is 5.41 Å². The molecule has 0 aliphatic heterocycles. The molecule has 39 heavy (non-hydrogen) atoms. The molecule has 0 aliphatic carbocycles. The summed E-state index contributed by atoms with van der Waals surface area (Å²) in [6, 6.07) is 22.7. The number of carbonyl (C=O) groups excluding carboxylic acids is 3. The number of hydrogen-bond donors (Lipinski definition) is 3. The van der Waals surface area contributed by atoms with Crippen molar-refractivity contribution < 1.29 is 14.4 Å². The fourth-order valence-corrected chi connectivity index (χ4v) is 4.89. The number of rotatable bonds is 11. The van der Waals surface area contributed by atoms with Crippen molar-refractivity contribution in [2.75, 3.05) is 17.7 Å². The Hall–Kier alpha value is -3.93. The van der Waals surface area contributed by atoms with E-state index < -0.39 is 10.8 Å². The molecule has 3 aromatic rings. The topological polar surface area (TPSA) is 87.3 Å². The van der Waals surface area contributed by atoms with E-state index >= 15 is 0 Å². The van der Waals surface area contributed by atoms with E-state index in [1.807, 2.05) is 81.4 Å². The maximum Gasteiger partial charge on any atom is 0.255 e. The summed E-state index contributed by atoms with van der Waals surface area (Å²) in [6.07, 6.45) is 3.39. The van der Waals surface area contributed by atoms with Crippen molar-refractivity contribution in [2.45, 2.75) is 65.7 Å². The molecule has 3 amide bonds. The van der Waals surface area contributed by atoms with Gasteiger partial charge in [-0.05, 0) is 72.9 Å². The fourth-order valence-electron chi connectivity index (χ4n) is 4.89. The van der Waals surface area contributed by atoms with Crippen molar-refractivity contribution in [1.29, 1.82) is 0 Å². The van der Waals surface area contributed by atoms with E-state index in [0.717, 1.165) is 48.1 Å². The van der Waals surface area contributed by atoms with Gasteiger partial charge in [0.15, 0.2) is 0 Å². The molecule has 0 bridgehead atoms. The van der Waals surface area contributed by atoms with Gasteiger partial charge in [-0.15, -0.1) is 0 Å². The lowest BCUT2D eigenvalue weighted by Crippen LogP contribution is -2.40. The van der Waals surface area contributed by atoms with Crippen LogP contribution in [0.3, 0.4) is 0 Å². The van der Waals surface area contributed by atoms with Crippen LogP contribution in [-0.2, 0) is 15.0 Å². The van der Waals surface area contributed by atoms with Crippen LogP contribution in [0, 0.1) is 5.41 Å². The first-order valence-corrected chi connectivity index (χ1v) is 13.7. The average Bonchev–Trinajstić information content (AvgIpc) is 2.93. The first-order valence-electron chi connectivity index (χ1n) is 13.7. The van der Waals surface area contributed by atoms with Crippen molar-refractivity contribution in [3.05, 3.63) is 83.9 Å². The van der Waals surface area contributed by atoms with Crippen LogP contribution in [-0.4, -0.2) is 24.8 Å². The number of likely N-dealkylation sites (N-methyl/N-ethyl adjacent to an activating group) is 1. The minimum atomic E-state index is -0.635. The third-order valence-electron chi connectivity index (χ3n) is 7.37. The van der Waals surface area contributed by atoms with Gasteiger partial charge in [0.2, 0.25) is 11.8 Å². The third-order valence-corrected chi connectivity index (χ3v) is 7.37. The van der Waals surface area contributed by atoms with Crippen LogP contribution in [0.4, 0.5) is 11.4 Å². The largest absolute Gasteiger partial charge is 0.358 e. The second-order valence-corrected chi connectivity index (χ2v) is 10.9. The van der Waals surface area contributed by atoms with Crippen LogP contribution in [0.25, 0.3) is 11.1 Å². The quantitative estimate of drug-likeness (QED) is 0.247. The Balaban J connectivity index is 1.65. The molecule has 0 aliphatic rings. The molecule has 0 spiro atoms. The molecule has 3 N–H and O–H groups in total. The molecule has 0 heterocycles. The SMILES string of the molecule is CCCC(C)(C)C(=O)Nc1ccc(-c2ccc(NC(=O)c3ccc(C(C)(CCC)C(=O)NC)cc3)cc2)cc1. The second-order valence-electron chi connectivity index (χ2n) is 10.9. The lowest BCUT2D eigenvalue weighted by molar-refractivity contribution is -0.126. The molecule has 0 aromatic heterocycles. The zero-order valence-corrected chi connectivity index (χ0v) is 24.0. The summed E-state index contributed by atoms with van der Waals surface area (Å²) < 4.78 is 0. The highest BCUT2D eigenvalue weighted by molar-refractivity contribution is 6.04. The summed E-state index contributed by atoms with van der Waals surface area (Å²) in [5.41, 5.74) is 3.86. The minimum absolute atomic E-state index is 0.0215. The van der Waals surface area contributed by atoms with E-state index in [1.165, 1.54) is 0 Å². The van der Waals surface area contributed by atoms with Crippen molar-refractivity contribution in [3.63, 3.8) is 0 Å². The number of hydrogen-bond acceptors (Lipinski definition) is 3. The van der Waals surface area contributed by atoms with Crippen molar-refractivity contribution in [1.82, 2.24) is 5.32 Å². The fraction of sp³-hybridized carbons (Fsp3) is 0.364. The molecule has 206 valence electrons. The highest BCUT2D eigenvalue weighted by atomic mass is 16.2. The van der Waals surface area contributed by atoms with Gasteiger partial charge < -0.3 is 16.0 Å². The molecule has 0 fully saturated rings. The van der Waals surface area contributed by atoms with Gasteiger partial charge in [-0.25, -0.2) is 0 Å². The van der Waals surface area contributed by atoms with Gasteiger partial charge in [-0.3, -0.25) is 14.4 Å². The number of carbonyl (C=O) groups is 3. The molecule has 3 rings (SSSR count). The molecule has 6 heteroatoms. The highest BCUT2D eigenvalue weighted by Gasteiger charge is 2.33. The van der Waals surface area contributed by atoms with Gasteiger partial charge in [0, 0.05) is 29.4 Å². The van der Waals surface area contributed by atoms with E-state index in [0.29, 0.717) is 11.3 Å². The first kappa shape index (κ1) is 29.6. The summed E-state index contributed by atoms with van der Waals surface area (Å²) in [5.74, 6) is -0.220. The third kappa shape index (κ3) is 7.14. The van der Waals surface area contributed by atoms with Crippen LogP contribution in [0.2, 0.25) is 0 Å². The molecule has 0 radical (unpaired) electrons. The van der Waals surface area contributed by atoms with Crippen LogP contribution >= 0.6 is 0 Å². The molecule has 6 nitrogen and oxygen atoms in total. The maximum absolute atomic E-state index is 12.9. The van der Waals surface area contributed by atoms with Crippen LogP contribution in [0.15, 0.2) is 72.8 Å². The zero-order chi connectivity index (χ0) is 28.6. The van der Waals surface area contributed by atoms with Gasteiger partial charge in [-0.1, -0.05) is 76.9 Å². The Kier molecular flexibility index (Phi) is 9.68. The van der Waals surface area contributed by atoms with Crippen molar-refractivity contribution in [2.24, 2.45) is 5.41 Å². The zero-order valence-electron chi connectivity index (χ0n) is 24.0. The van der Waals surface area contributed by atoms with E-state index in [2.05, 4.69) is 29.8 Å². The van der Waals surface area contributed by atoms with Crippen molar-refractivity contribution >= 4 is 29.1 Å². The summed E-state index contributed by atoms with van der Waals surface area (Å²) >= 11 is 0. The van der Waals surface area contributed by atoms with Gasteiger partial charge in [0.1, 0.15) is 0 Å². The monoisotopic (exact) mass is 527 g/mol. The van der Waals surface area contributed by atoms with E-state index in [1.54, 1.807) is 19.2 Å². The normalized spacial score (nSPS) is 12.8. The maximum atomic E-state index is 12.9. The molecule has 1 atom stereocenters. The Morgan fingerprint density at radius 2 is 1.13 bits per heavy atom. The number of amides is 3. The van der Waals surface area contributed by atoms with Gasteiger partial charge in [-0.2, -0.15) is 0 Å². The summed E-state index contributed by atoms with van der Waals surface area (Å²) in [4.78, 5) is 38.0. The van der Waals surface area contributed by atoms with E-state index in [9.17, 15) is 14.4 Å². The lowest BCUT2D eigenvalue weighted by Gasteiger charge is -2.28. The Labute approximate surface area is 232 Å². The molecule has 1 unspecified atom stereocenters. The number of anilines is 2. The summed E-state index contributed by atoms with van der Waals surface area (Å²) in [6.45, 7) is 10.00. The average molecular weight is 528 g/mol. The standard InChI is InChI=1S/C33H41N3O3/c1-7-21-32(3,4)30(38)36-28-19-13-24(14-20-28)23-11-17-27(18-12-23)35-29(37)25-9-15-26(16-10-25)33(5,22-8-2)31(39)34-6/h9-20H,7-8,21-22H2,1-6H3,(H,34,39)(H,35,37)(H,36,38). The molecule has 3 aromatic carbocycles. The molecular weight excluding hydrogens is 486 g/mol. The minimum Gasteiger partial charge on any atom is -0.358 e. The number of benzene rings is 3. The Morgan fingerprint density at radius 3 is 1.59 bits per heavy atom. The van der Waals surface area contributed by atoms with Gasteiger partial charge >= 0.3 is 0 Å². The Bertz CT molecular complexity index is 1280. The van der Waals surface area contributed by atoms with E-state index in [-0.39, 0.29) is 17.7 Å². The summed E-state index contributed by atoms with van der Waals surface area (Å²) in [7, 11) is 1.65. The number of nitrogens with one attached hydrogen (secondary N) is 3. The van der Waals surface area contributed by atoms with Crippen LogP contribution < -0.4 is 16.0 Å². The predicted molar refractivity (Wildman–Crippen MR) is 160 cm³/mol. The van der Waals surface area contributed by atoms with Crippen LogP contribution in [0.1, 0.15) is 76.2 Å². The highest BCUT2D eigenvalue weighted by Crippen LogP contribution is 2.30. The molecule has 0 saturated carbocycles. The molecule has 0 saturated heterocycles. The smallest absolute Gasteiger partial charge is 0.255 e. The van der Waals surface area contributed by atoms with Crippen molar-refractivity contribution in [3.8, 4) is 11.1 Å². The van der Waals surface area contributed by atoms with Gasteiger partial charge in [0.25, 0.3) is 5.91 Å².